The van der Waals surface area contributed by atoms with E-state index in [1.807, 2.05) is 73.7 Å². The van der Waals surface area contributed by atoms with Crippen molar-refractivity contribution >= 4 is 0 Å². The molecule has 0 bridgehead atoms. The predicted molar refractivity (Wildman–Crippen MR) is 124 cm³/mol. The number of aliphatic hydroxyl groups excluding tert-OH is 1. The third-order valence-corrected chi connectivity index (χ3v) is 4.59. The van der Waals surface area contributed by atoms with Gasteiger partial charge in [0, 0.05) is 12.5 Å². The Bertz CT molecular complexity index is 760. The Morgan fingerprint density at radius 1 is 0.655 bits per heavy atom. The van der Waals surface area contributed by atoms with E-state index in [9.17, 15) is 5.11 Å². The Balaban J connectivity index is 0.000000218. The summed E-state index contributed by atoms with van der Waals surface area (Å²) in [5.74, 6) is 0.924. The molecular weight excluding hydrogens is 356 g/mol. The fourth-order valence-electron chi connectivity index (χ4n) is 2.57. The van der Waals surface area contributed by atoms with Crippen LogP contribution in [0.2, 0.25) is 0 Å². The molecule has 3 aromatic rings. The SMILES string of the molecule is CC(C)(O)c1ccccc1.CC(C)c1ccccc1.CC(CO)c1ccccc1. The molecule has 0 heterocycles. The molecule has 1 atom stereocenters. The van der Waals surface area contributed by atoms with E-state index >= 15 is 0 Å². The van der Waals surface area contributed by atoms with Crippen molar-refractivity contribution in [3.05, 3.63) is 108 Å². The third kappa shape index (κ3) is 10.1. The van der Waals surface area contributed by atoms with Gasteiger partial charge in [-0.2, -0.15) is 0 Å². The molecular formula is C27H36O2. The largest absolute Gasteiger partial charge is 0.396 e. The third-order valence-electron chi connectivity index (χ3n) is 4.59. The van der Waals surface area contributed by atoms with Gasteiger partial charge in [-0.25, -0.2) is 0 Å². The molecule has 0 aliphatic heterocycles. The number of benzene rings is 3. The van der Waals surface area contributed by atoms with Gasteiger partial charge in [-0.15, -0.1) is 0 Å². The highest BCUT2D eigenvalue weighted by molar-refractivity contribution is 5.20. The van der Waals surface area contributed by atoms with Crippen molar-refractivity contribution in [2.75, 3.05) is 6.61 Å². The van der Waals surface area contributed by atoms with Crippen LogP contribution in [0.5, 0.6) is 0 Å². The van der Waals surface area contributed by atoms with Gasteiger partial charge in [-0.05, 0) is 36.5 Å². The molecule has 0 aliphatic rings. The lowest BCUT2D eigenvalue weighted by molar-refractivity contribution is 0.0786. The van der Waals surface area contributed by atoms with Crippen molar-refractivity contribution in [2.45, 2.75) is 52.1 Å². The molecule has 29 heavy (non-hydrogen) atoms. The van der Waals surface area contributed by atoms with Crippen molar-refractivity contribution in [1.82, 2.24) is 0 Å². The standard InChI is InChI=1S/2C9H12O.C9H12/c1-9(2,10)8-6-4-3-5-7-8;1-8(7-10)9-5-3-2-4-6-9;1-8(2)9-6-4-3-5-7-9/h3-7,10H,1-2H3;2-6,8,10H,7H2,1H3;3-8H,1-2H3. The Kier molecular flexibility index (Phi) is 11.0. The molecule has 0 fully saturated rings. The minimum Gasteiger partial charge on any atom is -0.396 e. The monoisotopic (exact) mass is 392 g/mol. The highest BCUT2D eigenvalue weighted by Crippen LogP contribution is 2.17. The van der Waals surface area contributed by atoms with E-state index in [1.165, 1.54) is 11.1 Å². The first kappa shape index (κ1) is 24.6. The maximum Gasteiger partial charge on any atom is 0.0840 e. The molecule has 1 unspecified atom stereocenters. The van der Waals surface area contributed by atoms with Crippen molar-refractivity contribution in [3.8, 4) is 0 Å². The Morgan fingerprint density at radius 2 is 1.03 bits per heavy atom. The summed E-state index contributed by atoms with van der Waals surface area (Å²) in [4.78, 5) is 0. The maximum absolute atomic E-state index is 9.49. The van der Waals surface area contributed by atoms with Crippen LogP contribution in [0.1, 0.15) is 63.1 Å². The van der Waals surface area contributed by atoms with Gasteiger partial charge in [0.2, 0.25) is 0 Å². The fraction of sp³-hybridized carbons (Fsp3) is 0.333. The molecule has 0 saturated carbocycles. The smallest absolute Gasteiger partial charge is 0.0840 e. The molecule has 0 spiro atoms. The van der Waals surface area contributed by atoms with Crippen LogP contribution in [-0.2, 0) is 5.60 Å². The Morgan fingerprint density at radius 3 is 1.31 bits per heavy atom. The van der Waals surface area contributed by atoms with Crippen LogP contribution in [-0.4, -0.2) is 16.8 Å². The van der Waals surface area contributed by atoms with E-state index in [0.717, 1.165) is 5.56 Å². The molecule has 0 saturated heterocycles. The van der Waals surface area contributed by atoms with Crippen molar-refractivity contribution in [3.63, 3.8) is 0 Å². The van der Waals surface area contributed by atoms with Gasteiger partial charge in [0.25, 0.3) is 0 Å². The molecule has 2 nitrogen and oxygen atoms in total. The summed E-state index contributed by atoms with van der Waals surface area (Å²) in [6.45, 7) is 10.2. The average Bonchev–Trinajstić information content (AvgIpc) is 2.75. The lowest BCUT2D eigenvalue weighted by Gasteiger charge is -2.16. The molecule has 0 radical (unpaired) electrons. The summed E-state index contributed by atoms with van der Waals surface area (Å²) in [6, 6.07) is 30.2. The minimum atomic E-state index is -0.707. The number of hydrogen-bond acceptors (Lipinski definition) is 2. The zero-order chi connectivity index (χ0) is 21.7. The van der Waals surface area contributed by atoms with Crippen LogP contribution in [0, 0.1) is 0 Å². The van der Waals surface area contributed by atoms with Crippen LogP contribution >= 0.6 is 0 Å². The maximum atomic E-state index is 9.49. The first-order valence-corrected chi connectivity index (χ1v) is 10.2. The van der Waals surface area contributed by atoms with Gasteiger partial charge in [0.1, 0.15) is 0 Å². The van der Waals surface area contributed by atoms with Crippen LogP contribution in [0.15, 0.2) is 91.0 Å². The highest BCUT2D eigenvalue weighted by atomic mass is 16.3. The molecule has 2 heteroatoms. The van der Waals surface area contributed by atoms with E-state index in [4.69, 9.17) is 5.11 Å². The van der Waals surface area contributed by atoms with E-state index in [2.05, 4.69) is 38.1 Å². The zero-order valence-electron chi connectivity index (χ0n) is 18.4. The topological polar surface area (TPSA) is 40.5 Å². The van der Waals surface area contributed by atoms with Gasteiger partial charge in [0.05, 0.1) is 5.60 Å². The zero-order valence-corrected chi connectivity index (χ0v) is 18.4. The van der Waals surface area contributed by atoms with Gasteiger partial charge < -0.3 is 10.2 Å². The van der Waals surface area contributed by atoms with Crippen molar-refractivity contribution < 1.29 is 10.2 Å². The quantitative estimate of drug-likeness (QED) is 0.531. The molecule has 2 N–H and O–H groups in total. The van der Waals surface area contributed by atoms with Crippen LogP contribution in [0.4, 0.5) is 0 Å². The van der Waals surface area contributed by atoms with E-state index in [1.54, 1.807) is 13.8 Å². The molecule has 0 aromatic heterocycles. The molecule has 156 valence electrons. The molecule has 3 rings (SSSR count). The van der Waals surface area contributed by atoms with E-state index < -0.39 is 5.60 Å². The minimum absolute atomic E-state index is 0.226. The molecule has 0 aliphatic carbocycles. The summed E-state index contributed by atoms with van der Waals surface area (Å²) in [7, 11) is 0. The highest BCUT2D eigenvalue weighted by Gasteiger charge is 2.13. The summed E-state index contributed by atoms with van der Waals surface area (Å²) in [5.41, 5.74) is 2.86. The molecule has 0 amide bonds. The Hall–Kier alpha value is -2.42. The van der Waals surface area contributed by atoms with Gasteiger partial charge in [0.15, 0.2) is 0 Å². The number of rotatable bonds is 4. The van der Waals surface area contributed by atoms with Crippen LogP contribution in [0.3, 0.4) is 0 Å². The Labute approximate surface area is 176 Å². The predicted octanol–water partition coefficient (Wildman–Crippen LogP) is 6.51. The van der Waals surface area contributed by atoms with E-state index in [-0.39, 0.29) is 12.5 Å². The fourth-order valence-corrected chi connectivity index (χ4v) is 2.57. The van der Waals surface area contributed by atoms with Crippen molar-refractivity contribution in [1.29, 1.82) is 0 Å². The second kappa shape index (κ2) is 12.9. The number of aliphatic hydroxyl groups is 2. The molecule has 3 aromatic carbocycles. The normalized spacial score (nSPS) is 11.6. The second-order valence-electron chi connectivity index (χ2n) is 7.98. The first-order valence-electron chi connectivity index (χ1n) is 10.2. The summed E-state index contributed by atoms with van der Waals surface area (Å²) < 4.78 is 0. The number of hydrogen-bond donors (Lipinski definition) is 2. The summed E-state index contributed by atoms with van der Waals surface area (Å²) in [6.07, 6.45) is 0. The van der Waals surface area contributed by atoms with Gasteiger partial charge >= 0.3 is 0 Å². The van der Waals surface area contributed by atoms with Crippen LogP contribution in [0.25, 0.3) is 0 Å². The summed E-state index contributed by atoms with van der Waals surface area (Å²) in [5, 5.41) is 18.3. The average molecular weight is 393 g/mol. The van der Waals surface area contributed by atoms with Gasteiger partial charge in [-0.3, -0.25) is 0 Å². The van der Waals surface area contributed by atoms with Crippen LogP contribution < -0.4 is 0 Å². The lowest BCUT2D eigenvalue weighted by Crippen LogP contribution is -2.14. The van der Waals surface area contributed by atoms with Gasteiger partial charge in [-0.1, -0.05) is 112 Å². The lowest BCUT2D eigenvalue weighted by atomic mass is 9.99. The first-order chi connectivity index (χ1) is 13.8. The van der Waals surface area contributed by atoms with Crippen molar-refractivity contribution in [2.24, 2.45) is 0 Å². The summed E-state index contributed by atoms with van der Waals surface area (Å²) >= 11 is 0. The van der Waals surface area contributed by atoms with E-state index in [0.29, 0.717) is 5.92 Å². The second-order valence-corrected chi connectivity index (χ2v) is 7.98.